The van der Waals surface area contributed by atoms with Crippen LogP contribution in [0.1, 0.15) is 19.8 Å². The summed E-state index contributed by atoms with van der Waals surface area (Å²) < 4.78 is 150. The Bertz CT molecular complexity index is 879. The van der Waals surface area contributed by atoms with Crippen LogP contribution in [0.15, 0.2) is 4.40 Å². The highest BCUT2D eigenvalue weighted by molar-refractivity contribution is 8.12. The first-order valence-electron chi connectivity index (χ1n) is 5.99. The molecule has 0 fully saturated rings. The predicted octanol–water partition coefficient (Wildman–Crippen LogP) is 0.359. The molecule has 0 radical (unpaired) electrons. The van der Waals surface area contributed by atoms with Crippen molar-refractivity contribution < 1.29 is 56.7 Å². The van der Waals surface area contributed by atoms with E-state index in [0.29, 0.717) is 0 Å². The molecular formula is C8H10F6N2O7S3-2. The van der Waals surface area contributed by atoms with Crippen molar-refractivity contribution in [3.8, 4) is 0 Å². The van der Waals surface area contributed by atoms with E-state index in [2.05, 4.69) is 0 Å². The number of rotatable bonds is 9. The van der Waals surface area contributed by atoms with Gasteiger partial charge in [-0.15, -0.1) is 0 Å². The SMILES string of the molecule is CCC/C([O-])=N/S(=O)(=O)C(F)(F)C(F)(F)C(F)(F)S(=O)(=O)[N-]S(C)(=O)=O. The van der Waals surface area contributed by atoms with Gasteiger partial charge in [-0.1, -0.05) is 13.3 Å². The number of sulfonamides is 3. The minimum atomic E-state index is -7.23. The largest absolute Gasteiger partial charge is 0.861 e. The molecule has 0 saturated heterocycles. The molecule has 0 atom stereocenters. The molecule has 0 unspecified atom stereocenters. The van der Waals surface area contributed by atoms with Crippen LogP contribution in [0.5, 0.6) is 0 Å². The quantitative estimate of drug-likeness (QED) is 0.276. The molecule has 0 amide bonds. The van der Waals surface area contributed by atoms with Gasteiger partial charge in [0.1, 0.15) is 0 Å². The van der Waals surface area contributed by atoms with E-state index in [9.17, 15) is 56.7 Å². The first kappa shape index (κ1) is 24.9. The summed E-state index contributed by atoms with van der Waals surface area (Å²) >= 11 is 0. The molecule has 0 saturated carbocycles. The van der Waals surface area contributed by atoms with Crippen LogP contribution >= 0.6 is 0 Å². The minimum absolute atomic E-state index is 0.133. The summed E-state index contributed by atoms with van der Waals surface area (Å²) in [6.45, 7) is 1.24. The van der Waals surface area contributed by atoms with Crippen LogP contribution in [0, 0.1) is 0 Å². The zero-order chi connectivity index (χ0) is 21.4. The third kappa shape index (κ3) is 4.58. The normalized spacial score (nSPS) is 15.9. The lowest BCUT2D eigenvalue weighted by molar-refractivity contribution is -0.243. The zero-order valence-corrected chi connectivity index (χ0v) is 15.1. The first-order chi connectivity index (χ1) is 11.2. The van der Waals surface area contributed by atoms with Crippen molar-refractivity contribution in [2.45, 2.75) is 36.2 Å². The number of hydrogen-bond acceptors (Lipinski definition) is 7. The molecule has 0 aromatic rings. The molecule has 0 heterocycles. The Morgan fingerprint density at radius 3 is 1.73 bits per heavy atom. The van der Waals surface area contributed by atoms with Crippen molar-refractivity contribution in [3.63, 3.8) is 0 Å². The molecule has 18 heteroatoms. The molecule has 0 spiro atoms. The first-order valence-corrected chi connectivity index (χ1v) is 10.7. The number of halogens is 6. The van der Waals surface area contributed by atoms with Gasteiger partial charge in [0, 0.05) is 6.26 Å². The highest BCUT2D eigenvalue weighted by Crippen LogP contribution is 2.52. The van der Waals surface area contributed by atoms with Gasteiger partial charge < -0.3 is 9.23 Å². The Hall–Kier alpha value is -1.14. The molecule has 0 aliphatic carbocycles. The molecule has 156 valence electrons. The van der Waals surface area contributed by atoms with Gasteiger partial charge in [-0.25, -0.2) is 16.8 Å². The van der Waals surface area contributed by atoms with E-state index in [1.807, 2.05) is 0 Å². The standard InChI is InChI=1S/C8H11F6N2O7S3/c1-3-4-5(17)15-25(20,21)7(11,12)6(9,10)8(13,14)26(22,23)16-24(2,18)19/h3-4H2,1-2H3,(H,15,17)/q-1/p-1. The zero-order valence-electron chi connectivity index (χ0n) is 12.7. The molecular weight excluding hydrogens is 446 g/mol. The average molecular weight is 456 g/mol. The van der Waals surface area contributed by atoms with Gasteiger partial charge in [-0.05, 0) is 12.3 Å². The maximum atomic E-state index is 13.5. The Balaban J connectivity index is 6.41. The van der Waals surface area contributed by atoms with E-state index in [0.717, 1.165) is 0 Å². The molecule has 9 nitrogen and oxygen atoms in total. The Kier molecular flexibility index (Phi) is 6.80. The molecule has 0 rings (SSSR count). The monoisotopic (exact) mass is 456 g/mol. The Morgan fingerprint density at radius 1 is 0.962 bits per heavy atom. The van der Waals surface area contributed by atoms with Crippen molar-refractivity contribution in [1.82, 2.24) is 0 Å². The summed E-state index contributed by atoms with van der Waals surface area (Å²) in [7, 11) is -19.4. The van der Waals surface area contributed by atoms with E-state index in [1.165, 1.54) is 11.1 Å². The summed E-state index contributed by atoms with van der Waals surface area (Å²) in [4.78, 5) is 0. The van der Waals surface area contributed by atoms with Gasteiger partial charge >= 0.3 is 26.5 Å². The highest BCUT2D eigenvalue weighted by atomic mass is 32.3. The topological polar surface area (TPSA) is 152 Å². The molecule has 0 N–H and O–H groups in total. The van der Waals surface area contributed by atoms with Gasteiger partial charge in [-0.2, -0.15) is 39.2 Å². The van der Waals surface area contributed by atoms with Crippen LogP contribution < -0.4 is 5.11 Å². The predicted molar refractivity (Wildman–Crippen MR) is 73.2 cm³/mol. The fourth-order valence-electron chi connectivity index (χ4n) is 1.17. The van der Waals surface area contributed by atoms with Crippen molar-refractivity contribution in [3.05, 3.63) is 4.13 Å². The third-order valence-corrected chi connectivity index (χ3v) is 6.42. The van der Waals surface area contributed by atoms with Gasteiger partial charge in [0.15, 0.2) is 10.0 Å². The lowest BCUT2D eigenvalue weighted by Gasteiger charge is -2.34. The molecule has 0 aliphatic heterocycles. The smallest absolute Gasteiger partial charge is 0.434 e. The van der Waals surface area contributed by atoms with Gasteiger partial charge in [0.05, 0.1) is 10.0 Å². The maximum Gasteiger partial charge on any atom is 0.434 e. The lowest BCUT2D eigenvalue weighted by atomic mass is 10.3. The average Bonchev–Trinajstić information content (AvgIpc) is 2.34. The van der Waals surface area contributed by atoms with Crippen molar-refractivity contribution in [2.75, 3.05) is 6.26 Å². The van der Waals surface area contributed by atoms with Gasteiger partial charge in [0.2, 0.25) is 0 Å². The second-order valence-electron chi connectivity index (χ2n) is 4.60. The summed E-state index contributed by atoms with van der Waals surface area (Å²) in [5, 5.41) is -2.94. The van der Waals surface area contributed by atoms with E-state index in [1.54, 1.807) is 4.40 Å². The Morgan fingerprint density at radius 2 is 1.38 bits per heavy atom. The van der Waals surface area contributed by atoms with Crippen molar-refractivity contribution >= 4 is 36.0 Å². The van der Waals surface area contributed by atoms with Crippen molar-refractivity contribution in [1.29, 1.82) is 0 Å². The van der Waals surface area contributed by atoms with Crippen LogP contribution in [0.4, 0.5) is 26.3 Å². The van der Waals surface area contributed by atoms with Crippen molar-refractivity contribution in [2.24, 2.45) is 4.40 Å². The molecule has 0 bridgehead atoms. The van der Waals surface area contributed by atoms with Crippen LogP contribution in [0.2, 0.25) is 0 Å². The molecule has 0 aromatic carbocycles. The molecule has 0 aromatic heterocycles. The fourth-order valence-corrected chi connectivity index (χ4v) is 4.41. The minimum Gasteiger partial charge on any atom is -0.861 e. The van der Waals surface area contributed by atoms with Crippen LogP contribution in [0.25, 0.3) is 4.13 Å². The molecule has 0 aliphatic rings. The van der Waals surface area contributed by atoms with E-state index in [4.69, 9.17) is 0 Å². The summed E-state index contributed by atoms with van der Waals surface area (Å²) in [6.07, 6.45) is -1.12. The highest BCUT2D eigenvalue weighted by Gasteiger charge is 2.80. The number of hydrogen-bond donors (Lipinski definition) is 0. The second kappa shape index (κ2) is 7.12. The summed E-state index contributed by atoms with van der Waals surface area (Å²) in [5.74, 6) is -9.11. The van der Waals surface area contributed by atoms with Gasteiger partial charge in [-0.3, -0.25) is 0 Å². The second-order valence-corrected chi connectivity index (χ2v) is 9.77. The van der Waals surface area contributed by atoms with E-state index < -0.39 is 58.8 Å². The van der Waals surface area contributed by atoms with E-state index >= 15 is 0 Å². The maximum absolute atomic E-state index is 13.5. The van der Waals surface area contributed by atoms with Crippen LogP contribution in [-0.2, 0) is 30.1 Å². The Labute approximate surface area is 144 Å². The number of alkyl halides is 6. The van der Waals surface area contributed by atoms with Crippen LogP contribution in [0.3, 0.4) is 0 Å². The lowest BCUT2D eigenvalue weighted by Crippen LogP contribution is -2.60. The molecule has 26 heavy (non-hydrogen) atoms. The summed E-state index contributed by atoms with van der Waals surface area (Å²) in [6, 6.07) is 0. The fraction of sp³-hybridized carbons (Fsp3) is 0.875. The van der Waals surface area contributed by atoms with Gasteiger partial charge in [0.25, 0.3) is 0 Å². The van der Waals surface area contributed by atoms with Crippen LogP contribution in [-0.4, -0.2) is 53.8 Å². The third-order valence-electron chi connectivity index (χ3n) is 2.30. The van der Waals surface area contributed by atoms with E-state index in [-0.39, 0.29) is 12.7 Å². The summed E-state index contributed by atoms with van der Waals surface area (Å²) in [5.41, 5.74) is 0. The number of nitrogens with zero attached hydrogens (tertiary/aromatic N) is 2.